The van der Waals surface area contributed by atoms with Crippen LogP contribution in [0.1, 0.15) is 23.7 Å². The summed E-state index contributed by atoms with van der Waals surface area (Å²) in [5.41, 5.74) is 4.02. The Morgan fingerprint density at radius 1 is 1.73 bits per heavy atom. The minimum Gasteiger partial charge on any atom is -0.326 e. The maximum Gasteiger partial charge on any atom is 0.156 e. The lowest BCUT2D eigenvalue weighted by Crippen LogP contribution is -2.07. The van der Waals surface area contributed by atoms with Crippen LogP contribution in [0.2, 0.25) is 0 Å². The first-order valence-electron chi connectivity index (χ1n) is 3.38. The molecule has 0 spiro atoms. The van der Waals surface area contributed by atoms with Gasteiger partial charge in [0.2, 0.25) is 0 Å². The highest BCUT2D eigenvalue weighted by Crippen LogP contribution is 2.28. The summed E-state index contributed by atoms with van der Waals surface area (Å²) in [6, 6.07) is 0. The minimum atomic E-state index is -1.34. The predicted octanol–water partition coefficient (Wildman–Crippen LogP) is 1.81. The maximum atomic E-state index is 13.2. The Hall–Kier alpha value is -0.480. The van der Waals surface area contributed by atoms with Crippen molar-refractivity contribution in [1.29, 1.82) is 0 Å². The van der Waals surface area contributed by atoms with Gasteiger partial charge in [-0.25, -0.2) is 9.37 Å². The van der Waals surface area contributed by atoms with Gasteiger partial charge in [-0.05, 0) is 13.8 Å². The van der Waals surface area contributed by atoms with Gasteiger partial charge in [-0.15, -0.1) is 11.3 Å². The zero-order valence-electron chi connectivity index (χ0n) is 6.60. The first kappa shape index (κ1) is 8.62. The minimum absolute atomic E-state index is 0.438. The highest BCUT2D eigenvalue weighted by Gasteiger charge is 2.22. The van der Waals surface area contributed by atoms with E-state index in [1.807, 2.05) is 0 Å². The Kier molecular flexibility index (Phi) is 2.25. The molecule has 1 heterocycles. The third kappa shape index (κ3) is 1.97. The summed E-state index contributed by atoms with van der Waals surface area (Å²) in [7, 11) is 0. The molecule has 1 rings (SSSR count). The molecule has 2 N–H and O–H groups in total. The Labute approximate surface area is 69.3 Å². The Morgan fingerprint density at radius 3 is 2.64 bits per heavy atom. The molecule has 0 fully saturated rings. The van der Waals surface area contributed by atoms with Gasteiger partial charge in [-0.2, -0.15) is 0 Å². The first-order valence-corrected chi connectivity index (χ1v) is 4.20. The smallest absolute Gasteiger partial charge is 0.156 e. The molecule has 2 nitrogen and oxygen atoms in total. The lowest BCUT2D eigenvalue weighted by atomic mass is 10.2. The molecule has 0 atom stereocenters. The van der Waals surface area contributed by atoms with Gasteiger partial charge >= 0.3 is 0 Å². The van der Waals surface area contributed by atoms with Gasteiger partial charge in [-0.1, -0.05) is 0 Å². The molecule has 1 aromatic heterocycles. The summed E-state index contributed by atoms with van der Waals surface area (Å²) in [6.45, 7) is 3.42. The van der Waals surface area contributed by atoms with Gasteiger partial charge in [0.1, 0.15) is 5.01 Å². The fraction of sp³-hybridized carbons (Fsp3) is 0.571. The van der Waals surface area contributed by atoms with Crippen molar-refractivity contribution in [1.82, 2.24) is 4.98 Å². The fourth-order valence-corrected chi connectivity index (χ4v) is 1.46. The molecule has 0 aliphatic heterocycles. The highest BCUT2D eigenvalue weighted by atomic mass is 32.1. The van der Waals surface area contributed by atoms with Crippen molar-refractivity contribution >= 4 is 11.3 Å². The van der Waals surface area contributed by atoms with Crippen LogP contribution in [0, 0.1) is 0 Å². The van der Waals surface area contributed by atoms with E-state index in [2.05, 4.69) is 4.98 Å². The molecule has 62 valence electrons. The van der Waals surface area contributed by atoms with Gasteiger partial charge < -0.3 is 5.73 Å². The Bertz CT molecular complexity index is 239. The zero-order chi connectivity index (χ0) is 8.48. The van der Waals surface area contributed by atoms with Crippen molar-refractivity contribution in [2.24, 2.45) is 5.73 Å². The molecule has 0 amide bonds. The second-order valence-electron chi connectivity index (χ2n) is 2.81. The topological polar surface area (TPSA) is 38.9 Å². The number of halogens is 1. The summed E-state index contributed by atoms with van der Waals surface area (Å²) in [4.78, 5) is 4.84. The van der Waals surface area contributed by atoms with E-state index in [0.717, 1.165) is 4.88 Å². The zero-order valence-corrected chi connectivity index (χ0v) is 7.41. The normalized spacial score (nSPS) is 12.0. The quantitative estimate of drug-likeness (QED) is 0.742. The third-order valence-corrected chi connectivity index (χ3v) is 2.58. The molecule has 0 aliphatic rings. The maximum absolute atomic E-state index is 13.2. The van der Waals surface area contributed by atoms with Gasteiger partial charge in [0.15, 0.2) is 5.67 Å². The molecule has 0 unspecified atom stereocenters. The van der Waals surface area contributed by atoms with Crippen molar-refractivity contribution < 1.29 is 4.39 Å². The highest BCUT2D eigenvalue weighted by molar-refractivity contribution is 7.11. The number of hydrogen-bond acceptors (Lipinski definition) is 3. The lowest BCUT2D eigenvalue weighted by molar-refractivity contribution is 0.220. The lowest BCUT2D eigenvalue weighted by Gasteiger charge is -2.08. The van der Waals surface area contributed by atoms with Crippen LogP contribution in [0.4, 0.5) is 4.39 Å². The standard InChI is InChI=1S/C7H11FN2S/c1-7(2,8)6-10-4-5(3-9)11-6/h4H,3,9H2,1-2H3. The monoisotopic (exact) mass is 174 g/mol. The van der Waals surface area contributed by atoms with Gasteiger partial charge in [0, 0.05) is 17.6 Å². The third-order valence-electron chi connectivity index (χ3n) is 1.26. The van der Waals surface area contributed by atoms with E-state index in [4.69, 9.17) is 5.73 Å². The van der Waals surface area contributed by atoms with Crippen LogP contribution >= 0.6 is 11.3 Å². The summed E-state index contributed by atoms with van der Waals surface area (Å²) in [6.07, 6.45) is 1.63. The molecular formula is C7H11FN2S. The van der Waals surface area contributed by atoms with Crippen LogP contribution in [-0.4, -0.2) is 4.98 Å². The van der Waals surface area contributed by atoms with E-state index in [9.17, 15) is 4.39 Å². The predicted molar refractivity (Wildman–Crippen MR) is 44.1 cm³/mol. The number of hydrogen-bond donors (Lipinski definition) is 1. The largest absolute Gasteiger partial charge is 0.326 e. The molecule has 0 saturated carbocycles. The number of nitrogens with two attached hydrogens (primary N) is 1. The van der Waals surface area contributed by atoms with Crippen LogP contribution in [0.25, 0.3) is 0 Å². The number of aromatic nitrogens is 1. The summed E-state index contributed by atoms with van der Waals surface area (Å²) in [5.74, 6) is 0. The molecule has 0 aromatic carbocycles. The van der Waals surface area contributed by atoms with Crippen molar-refractivity contribution in [2.75, 3.05) is 0 Å². The van der Waals surface area contributed by atoms with Crippen molar-refractivity contribution in [3.63, 3.8) is 0 Å². The van der Waals surface area contributed by atoms with E-state index in [0.29, 0.717) is 11.6 Å². The number of nitrogens with zero attached hydrogens (tertiary/aromatic N) is 1. The van der Waals surface area contributed by atoms with Crippen LogP contribution in [0.3, 0.4) is 0 Å². The van der Waals surface area contributed by atoms with Crippen LogP contribution in [0.15, 0.2) is 6.20 Å². The molecule has 4 heteroatoms. The molecule has 0 saturated heterocycles. The molecule has 1 aromatic rings. The number of alkyl halides is 1. The number of rotatable bonds is 2. The Balaban J connectivity index is 2.89. The van der Waals surface area contributed by atoms with Gasteiger partial charge in [0.05, 0.1) is 0 Å². The summed E-state index contributed by atoms with van der Waals surface area (Å²) in [5, 5.41) is 0.498. The van der Waals surface area contributed by atoms with E-state index in [-0.39, 0.29) is 0 Å². The van der Waals surface area contributed by atoms with E-state index in [1.165, 1.54) is 25.2 Å². The van der Waals surface area contributed by atoms with E-state index in [1.54, 1.807) is 6.20 Å². The second-order valence-corrected chi connectivity index (χ2v) is 3.92. The van der Waals surface area contributed by atoms with Crippen LogP contribution in [0.5, 0.6) is 0 Å². The van der Waals surface area contributed by atoms with E-state index < -0.39 is 5.67 Å². The molecule has 0 radical (unpaired) electrons. The Morgan fingerprint density at radius 2 is 2.36 bits per heavy atom. The van der Waals surface area contributed by atoms with Crippen molar-refractivity contribution in [3.05, 3.63) is 16.1 Å². The molecule has 11 heavy (non-hydrogen) atoms. The van der Waals surface area contributed by atoms with Crippen LogP contribution < -0.4 is 5.73 Å². The van der Waals surface area contributed by atoms with Crippen LogP contribution in [-0.2, 0) is 12.2 Å². The average molecular weight is 174 g/mol. The van der Waals surface area contributed by atoms with E-state index >= 15 is 0 Å². The summed E-state index contributed by atoms with van der Waals surface area (Å²) < 4.78 is 13.2. The SMILES string of the molecule is CC(C)(F)c1ncc(CN)s1. The number of thiazole rings is 1. The fourth-order valence-electron chi connectivity index (χ4n) is 0.677. The van der Waals surface area contributed by atoms with Gasteiger partial charge in [-0.3, -0.25) is 0 Å². The van der Waals surface area contributed by atoms with Crippen molar-refractivity contribution in [3.8, 4) is 0 Å². The van der Waals surface area contributed by atoms with Gasteiger partial charge in [0.25, 0.3) is 0 Å². The second kappa shape index (κ2) is 2.87. The molecule has 0 bridgehead atoms. The van der Waals surface area contributed by atoms with Crippen molar-refractivity contribution in [2.45, 2.75) is 26.1 Å². The first-order chi connectivity index (χ1) is 5.04. The average Bonchev–Trinajstić information content (AvgIpc) is 2.32. The molecule has 0 aliphatic carbocycles. The molecular weight excluding hydrogens is 163 g/mol. The summed E-state index contributed by atoms with van der Waals surface area (Å²) >= 11 is 1.33.